The average Bonchev–Trinajstić information content (AvgIpc) is 2.34. The van der Waals surface area contributed by atoms with Gasteiger partial charge in [-0.25, -0.2) is 12.8 Å². The molecule has 0 N–H and O–H groups in total. The lowest BCUT2D eigenvalue weighted by Crippen LogP contribution is -2.33. The Bertz CT molecular complexity index is 680. The van der Waals surface area contributed by atoms with E-state index >= 15 is 0 Å². The Morgan fingerprint density at radius 2 is 2.10 bits per heavy atom. The molecule has 0 spiro atoms. The third kappa shape index (κ3) is 4.66. The predicted molar refractivity (Wildman–Crippen MR) is 75.3 cm³/mol. The van der Waals surface area contributed by atoms with Crippen molar-refractivity contribution in [2.45, 2.75) is 32.1 Å². The van der Waals surface area contributed by atoms with E-state index in [4.69, 9.17) is 4.74 Å². The van der Waals surface area contributed by atoms with E-state index < -0.39 is 32.4 Å². The molecule has 1 rings (SSSR count). The molecule has 0 aromatic carbocycles. The second-order valence-electron chi connectivity index (χ2n) is 4.69. The number of nitrogens with zero attached hydrogens (tertiary/aromatic N) is 1. The van der Waals surface area contributed by atoms with Crippen LogP contribution in [0, 0.1) is 12.7 Å². The first-order valence-corrected chi connectivity index (χ1v) is 8.34. The summed E-state index contributed by atoms with van der Waals surface area (Å²) in [7, 11) is -3.67. The van der Waals surface area contributed by atoms with Crippen molar-refractivity contribution in [3.63, 3.8) is 0 Å². The highest BCUT2D eigenvalue weighted by molar-refractivity contribution is 7.92. The van der Waals surface area contributed by atoms with Crippen LogP contribution in [0.4, 0.5) is 4.39 Å². The zero-order valence-electron chi connectivity index (χ0n) is 12.1. The normalized spacial score (nSPS) is 13.0. The van der Waals surface area contributed by atoms with Gasteiger partial charge in [-0.2, -0.15) is 0 Å². The van der Waals surface area contributed by atoms with Crippen LogP contribution >= 0.6 is 0 Å². The van der Waals surface area contributed by atoms with Crippen LogP contribution in [-0.4, -0.2) is 37.1 Å². The Kier molecular flexibility index (Phi) is 5.65. The van der Waals surface area contributed by atoms with Crippen LogP contribution in [0.15, 0.2) is 17.1 Å². The molecule has 0 fully saturated rings. The van der Waals surface area contributed by atoms with Gasteiger partial charge in [0.15, 0.2) is 15.1 Å². The van der Waals surface area contributed by atoms with E-state index in [-0.39, 0.29) is 25.1 Å². The van der Waals surface area contributed by atoms with Crippen LogP contribution in [0.3, 0.4) is 0 Å². The molecule has 1 aromatic heterocycles. The highest BCUT2D eigenvalue weighted by Gasteiger charge is 2.30. The van der Waals surface area contributed by atoms with Crippen molar-refractivity contribution in [2.75, 3.05) is 12.9 Å². The number of hydrogen-bond acceptors (Lipinski definition) is 5. The summed E-state index contributed by atoms with van der Waals surface area (Å²) in [5.74, 6) is -1.43. The fraction of sp³-hybridized carbons (Fsp3) is 0.538. The van der Waals surface area contributed by atoms with Crippen molar-refractivity contribution < 1.29 is 22.3 Å². The molecule has 8 heteroatoms. The largest absolute Gasteiger partial charge is 0.465 e. The quantitative estimate of drug-likeness (QED) is 0.720. The number of halogens is 1. The number of aromatic nitrogens is 1. The van der Waals surface area contributed by atoms with Gasteiger partial charge in [0.05, 0.1) is 6.61 Å². The van der Waals surface area contributed by atoms with Crippen molar-refractivity contribution in [1.82, 2.24) is 4.57 Å². The van der Waals surface area contributed by atoms with Gasteiger partial charge in [-0.05, 0) is 25.8 Å². The minimum Gasteiger partial charge on any atom is -0.465 e. The Morgan fingerprint density at radius 3 is 2.62 bits per heavy atom. The summed E-state index contributed by atoms with van der Waals surface area (Å²) < 4.78 is 42.4. The SMILES string of the molecule is CCOC(=O)C(CCn1cc(F)c(C)cc1=O)S(C)(=O)=O. The fourth-order valence-electron chi connectivity index (χ4n) is 1.81. The summed E-state index contributed by atoms with van der Waals surface area (Å²) in [6.07, 6.45) is 1.77. The predicted octanol–water partition coefficient (Wildman–Crippen LogP) is 0.662. The van der Waals surface area contributed by atoms with Crippen LogP contribution in [0.1, 0.15) is 18.9 Å². The van der Waals surface area contributed by atoms with Crippen molar-refractivity contribution in [1.29, 1.82) is 0 Å². The van der Waals surface area contributed by atoms with Gasteiger partial charge in [-0.1, -0.05) is 0 Å². The molecule has 1 unspecified atom stereocenters. The molecular formula is C13H18FNO5S. The first-order valence-electron chi connectivity index (χ1n) is 6.39. The molecule has 0 aliphatic carbocycles. The monoisotopic (exact) mass is 319 g/mol. The number of aryl methyl sites for hydroxylation is 2. The lowest BCUT2D eigenvalue weighted by molar-refractivity contribution is -0.142. The molecule has 0 aliphatic rings. The Morgan fingerprint density at radius 1 is 1.48 bits per heavy atom. The molecule has 0 bridgehead atoms. The van der Waals surface area contributed by atoms with E-state index in [9.17, 15) is 22.4 Å². The smallest absolute Gasteiger partial charge is 0.324 e. The van der Waals surface area contributed by atoms with Gasteiger partial charge in [0.25, 0.3) is 5.56 Å². The van der Waals surface area contributed by atoms with Gasteiger partial charge < -0.3 is 9.30 Å². The van der Waals surface area contributed by atoms with E-state index in [2.05, 4.69) is 0 Å². The minimum absolute atomic E-state index is 0.0595. The fourth-order valence-corrected chi connectivity index (χ4v) is 2.76. The number of sulfone groups is 1. The molecule has 1 aromatic rings. The van der Waals surface area contributed by atoms with E-state index in [1.807, 2.05) is 0 Å². The number of ether oxygens (including phenoxy) is 1. The molecule has 1 atom stereocenters. The molecular weight excluding hydrogens is 301 g/mol. The minimum atomic E-state index is -3.67. The summed E-state index contributed by atoms with van der Waals surface area (Å²) in [4.78, 5) is 23.3. The number of rotatable bonds is 6. The molecule has 0 saturated heterocycles. The molecule has 6 nitrogen and oxygen atoms in total. The summed E-state index contributed by atoms with van der Waals surface area (Å²) in [6.45, 7) is 2.99. The molecule has 1 heterocycles. The average molecular weight is 319 g/mol. The zero-order valence-corrected chi connectivity index (χ0v) is 12.9. The molecule has 0 radical (unpaired) electrons. The number of pyridine rings is 1. The van der Waals surface area contributed by atoms with Crippen LogP contribution in [0.5, 0.6) is 0 Å². The second kappa shape index (κ2) is 6.84. The summed E-state index contributed by atoms with van der Waals surface area (Å²) in [5.41, 5.74) is -0.244. The molecule has 118 valence electrons. The Balaban J connectivity index is 2.95. The highest BCUT2D eigenvalue weighted by Crippen LogP contribution is 2.10. The third-order valence-electron chi connectivity index (χ3n) is 2.97. The van der Waals surface area contributed by atoms with Crippen LogP contribution < -0.4 is 5.56 Å². The van der Waals surface area contributed by atoms with Crippen LogP contribution in [0.25, 0.3) is 0 Å². The maximum atomic E-state index is 13.4. The van der Waals surface area contributed by atoms with Crippen molar-refractivity contribution in [3.8, 4) is 0 Å². The number of esters is 1. The van der Waals surface area contributed by atoms with Gasteiger partial charge in [0.1, 0.15) is 5.82 Å². The van der Waals surface area contributed by atoms with Gasteiger partial charge in [-0.3, -0.25) is 9.59 Å². The molecule has 21 heavy (non-hydrogen) atoms. The number of hydrogen-bond donors (Lipinski definition) is 0. The molecule has 0 aliphatic heterocycles. The number of carbonyl (C=O) groups is 1. The van der Waals surface area contributed by atoms with E-state index in [0.717, 1.165) is 23.1 Å². The Labute approximate surface area is 122 Å². The van der Waals surface area contributed by atoms with E-state index in [0.29, 0.717) is 0 Å². The van der Waals surface area contributed by atoms with E-state index in [1.54, 1.807) is 6.92 Å². The van der Waals surface area contributed by atoms with Gasteiger partial charge in [0, 0.05) is 25.1 Å². The van der Waals surface area contributed by atoms with Gasteiger partial charge >= 0.3 is 5.97 Å². The summed E-state index contributed by atoms with van der Waals surface area (Å²) in [5, 5.41) is -1.37. The third-order valence-corrected chi connectivity index (χ3v) is 4.43. The maximum absolute atomic E-state index is 13.4. The number of carbonyl (C=O) groups excluding carboxylic acids is 1. The van der Waals surface area contributed by atoms with Crippen molar-refractivity contribution in [3.05, 3.63) is 34.0 Å². The first kappa shape index (κ1) is 17.4. The lowest BCUT2D eigenvalue weighted by atomic mass is 10.2. The maximum Gasteiger partial charge on any atom is 0.324 e. The van der Waals surface area contributed by atoms with E-state index in [1.165, 1.54) is 6.92 Å². The first-order chi connectivity index (χ1) is 9.66. The summed E-state index contributed by atoms with van der Waals surface area (Å²) >= 11 is 0. The summed E-state index contributed by atoms with van der Waals surface area (Å²) in [6, 6.07) is 1.12. The Hall–Kier alpha value is -1.70. The van der Waals surface area contributed by atoms with Crippen molar-refractivity contribution >= 4 is 15.8 Å². The zero-order chi connectivity index (χ0) is 16.2. The van der Waals surface area contributed by atoms with Crippen molar-refractivity contribution in [2.24, 2.45) is 0 Å². The lowest BCUT2D eigenvalue weighted by Gasteiger charge is -2.14. The molecule has 0 saturated carbocycles. The second-order valence-corrected chi connectivity index (χ2v) is 6.92. The standard InChI is InChI=1S/C13H18FNO5S/c1-4-20-13(17)11(21(3,18)19)5-6-15-8-10(14)9(2)7-12(15)16/h7-8,11H,4-6H2,1-3H3. The van der Waals surface area contributed by atoms with Crippen LogP contribution in [0.2, 0.25) is 0 Å². The van der Waals surface area contributed by atoms with Crippen LogP contribution in [-0.2, 0) is 25.9 Å². The molecule has 0 amide bonds. The van der Waals surface area contributed by atoms with Gasteiger partial charge in [-0.15, -0.1) is 0 Å². The van der Waals surface area contributed by atoms with Gasteiger partial charge in [0.2, 0.25) is 0 Å². The highest BCUT2D eigenvalue weighted by atomic mass is 32.2. The topological polar surface area (TPSA) is 82.4 Å².